The van der Waals surface area contributed by atoms with Crippen LogP contribution in [0.25, 0.3) is 0 Å². The molecule has 1 aliphatic rings. The Labute approximate surface area is 166 Å². The normalized spacial score (nSPS) is 14.3. The number of benzene rings is 2. The molecule has 1 heterocycles. The Morgan fingerprint density at radius 1 is 1.18 bits per heavy atom. The first-order chi connectivity index (χ1) is 13.4. The van der Waals surface area contributed by atoms with Crippen molar-refractivity contribution in [2.45, 2.75) is 18.2 Å². The van der Waals surface area contributed by atoms with Crippen molar-refractivity contribution in [2.75, 3.05) is 31.0 Å². The number of nitrogens with zero attached hydrogens (tertiary/aromatic N) is 1. The van der Waals surface area contributed by atoms with Crippen molar-refractivity contribution in [3.63, 3.8) is 0 Å². The summed E-state index contributed by atoms with van der Waals surface area (Å²) in [6.07, 6.45) is 2.97. The lowest BCUT2D eigenvalue weighted by Gasteiger charge is -2.20. The molecule has 7 heteroatoms. The lowest BCUT2D eigenvalue weighted by molar-refractivity contribution is 0.0956. The van der Waals surface area contributed by atoms with Crippen LogP contribution < -0.4 is 14.9 Å². The molecule has 0 saturated heterocycles. The molecule has 0 unspecified atom stereocenters. The van der Waals surface area contributed by atoms with Gasteiger partial charge in [0, 0.05) is 25.7 Å². The van der Waals surface area contributed by atoms with E-state index in [2.05, 4.69) is 16.7 Å². The molecule has 3 rings (SSSR count). The van der Waals surface area contributed by atoms with Crippen LogP contribution in [0.3, 0.4) is 0 Å². The molecule has 2 aromatic carbocycles. The van der Waals surface area contributed by atoms with Gasteiger partial charge in [-0.25, -0.2) is 8.42 Å². The number of rotatable bonds is 6. The Morgan fingerprint density at radius 3 is 2.61 bits per heavy atom. The van der Waals surface area contributed by atoms with Gasteiger partial charge in [-0.05, 0) is 50.2 Å². The molecule has 0 bridgehead atoms. The molecule has 0 aromatic heterocycles. The zero-order valence-corrected chi connectivity index (χ0v) is 16.9. The summed E-state index contributed by atoms with van der Waals surface area (Å²) in [4.78, 5) is 12.6. The van der Waals surface area contributed by atoms with E-state index in [4.69, 9.17) is 0 Å². The Balaban J connectivity index is 1.76. The minimum absolute atomic E-state index is 0.0873. The number of hydrogen-bond acceptors (Lipinski definition) is 4. The van der Waals surface area contributed by atoms with E-state index in [0.29, 0.717) is 17.8 Å². The molecular formula is C21H25N3O3S. The maximum atomic E-state index is 13.0. The maximum Gasteiger partial charge on any atom is 0.264 e. The molecule has 148 valence electrons. The average Bonchev–Trinajstić information content (AvgIpc) is 2.73. The van der Waals surface area contributed by atoms with Gasteiger partial charge in [0.15, 0.2) is 0 Å². The van der Waals surface area contributed by atoms with Gasteiger partial charge in [-0.3, -0.25) is 9.10 Å². The molecule has 2 aromatic rings. The Morgan fingerprint density at radius 2 is 1.93 bits per heavy atom. The fourth-order valence-corrected chi connectivity index (χ4v) is 4.22. The summed E-state index contributed by atoms with van der Waals surface area (Å²) in [5.41, 5.74) is 3.12. The van der Waals surface area contributed by atoms with Crippen molar-refractivity contribution < 1.29 is 13.2 Å². The minimum atomic E-state index is -3.76. The average molecular weight is 400 g/mol. The van der Waals surface area contributed by atoms with Gasteiger partial charge in [-0.1, -0.05) is 35.4 Å². The number of sulfonamides is 1. The monoisotopic (exact) mass is 399 g/mol. The summed E-state index contributed by atoms with van der Waals surface area (Å²) in [6, 6.07) is 13.4. The first kappa shape index (κ1) is 20.1. The van der Waals surface area contributed by atoms with Crippen LogP contribution in [0.4, 0.5) is 5.69 Å². The zero-order chi connectivity index (χ0) is 20.1. The van der Waals surface area contributed by atoms with Crippen molar-refractivity contribution in [3.05, 3.63) is 71.3 Å². The summed E-state index contributed by atoms with van der Waals surface area (Å²) in [7, 11) is -2.25. The predicted molar refractivity (Wildman–Crippen MR) is 111 cm³/mol. The second-order valence-corrected chi connectivity index (χ2v) is 8.80. The van der Waals surface area contributed by atoms with E-state index in [0.717, 1.165) is 25.1 Å². The van der Waals surface area contributed by atoms with Crippen LogP contribution in [-0.2, 0) is 10.0 Å². The van der Waals surface area contributed by atoms with Crippen molar-refractivity contribution in [2.24, 2.45) is 0 Å². The first-order valence-corrected chi connectivity index (χ1v) is 10.6. The number of aryl methyl sites for hydroxylation is 1. The number of carbonyl (C=O) groups excluding carboxylic acids is 1. The SMILES string of the molecule is Cc1ccc(N(C)S(=O)(=O)c2cccc(C(=O)NCC3=CCNCC3)c2)cc1. The summed E-state index contributed by atoms with van der Waals surface area (Å²) < 4.78 is 27.2. The van der Waals surface area contributed by atoms with E-state index in [1.165, 1.54) is 29.1 Å². The van der Waals surface area contributed by atoms with E-state index in [1.54, 1.807) is 24.3 Å². The quantitative estimate of drug-likeness (QED) is 0.732. The minimum Gasteiger partial charge on any atom is -0.348 e. The van der Waals surface area contributed by atoms with Gasteiger partial charge >= 0.3 is 0 Å². The van der Waals surface area contributed by atoms with Crippen molar-refractivity contribution >= 4 is 21.6 Å². The van der Waals surface area contributed by atoms with Gasteiger partial charge in [-0.2, -0.15) is 0 Å². The third-order valence-corrected chi connectivity index (χ3v) is 6.57. The number of amides is 1. The lowest BCUT2D eigenvalue weighted by Crippen LogP contribution is -2.30. The molecule has 0 radical (unpaired) electrons. The van der Waals surface area contributed by atoms with Gasteiger partial charge in [0.1, 0.15) is 0 Å². The van der Waals surface area contributed by atoms with Gasteiger partial charge < -0.3 is 10.6 Å². The highest BCUT2D eigenvalue weighted by atomic mass is 32.2. The number of carbonyl (C=O) groups is 1. The topological polar surface area (TPSA) is 78.5 Å². The molecule has 2 N–H and O–H groups in total. The number of anilines is 1. The molecule has 0 atom stereocenters. The van der Waals surface area contributed by atoms with E-state index < -0.39 is 10.0 Å². The van der Waals surface area contributed by atoms with Crippen LogP contribution in [0.2, 0.25) is 0 Å². The van der Waals surface area contributed by atoms with E-state index in [9.17, 15) is 13.2 Å². The summed E-state index contributed by atoms with van der Waals surface area (Å²) in [6.45, 7) is 4.13. The third kappa shape index (κ3) is 4.61. The maximum absolute atomic E-state index is 13.0. The highest BCUT2D eigenvalue weighted by molar-refractivity contribution is 7.92. The van der Waals surface area contributed by atoms with Crippen LogP contribution >= 0.6 is 0 Å². The summed E-state index contributed by atoms with van der Waals surface area (Å²) in [5, 5.41) is 6.10. The Kier molecular flexibility index (Phi) is 6.16. The summed E-state index contributed by atoms with van der Waals surface area (Å²) in [5.74, 6) is -0.283. The third-order valence-electron chi connectivity index (χ3n) is 4.79. The van der Waals surface area contributed by atoms with E-state index in [1.807, 2.05) is 19.1 Å². The molecule has 6 nitrogen and oxygen atoms in total. The molecule has 0 aliphatic carbocycles. The van der Waals surface area contributed by atoms with Crippen molar-refractivity contribution in [3.8, 4) is 0 Å². The highest BCUT2D eigenvalue weighted by Crippen LogP contribution is 2.23. The van der Waals surface area contributed by atoms with Crippen LogP contribution in [0.1, 0.15) is 22.3 Å². The number of hydrogen-bond donors (Lipinski definition) is 2. The van der Waals surface area contributed by atoms with Crippen LogP contribution in [0, 0.1) is 6.92 Å². The molecule has 1 aliphatic heterocycles. The van der Waals surface area contributed by atoms with Crippen LogP contribution in [0.15, 0.2) is 65.1 Å². The first-order valence-electron chi connectivity index (χ1n) is 9.20. The predicted octanol–water partition coefficient (Wildman–Crippen LogP) is 2.47. The zero-order valence-electron chi connectivity index (χ0n) is 16.1. The van der Waals surface area contributed by atoms with Gasteiger partial charge in [-0.15, -0.1) is 0 Å². The number of nitrogens with one attached hydrogen (secondary N) is 2. The standard InChI is InChI=1S/C21H25N3O3S/c1-16-6-8-19(9-7-16)24(2)28(26,27)20-5-3-4-18(14-20)21(25)23-15-17-10-12-22-13-11-17/h3-10,14,22H,11-13,15H2,1-2H3,(H,23,25). The van der Waals surface area contributed by atoms with Crippen molar-refractivity contribution in [1.29, 1.82) is 0 Å². The largest absolute Gasteiger partial charge is 0.348 e. The van der Waals surface area contributed by atoms with Gasteiger partial charge in [0.25, 0.3) is 15.9 Å². The lowest BCUT2D eigenvalue weighted by atomic mass is 10.1. The Hall–Kier alpha value is -2.64. The second kappa shape index (κ2) is 8.58. The second-order valence-electron chi connectivity index (χ2n) is 6.84. The van der Waals surface area contributed by atoms with E-state index in [-0.39, 0.29) is 10.8 Å². The van der Waals surface area contributed by atoms with Crippen molar-refractivity contribution in [1.82, 2.24) is 10.6 Å². The van der Waals surface area contributed by atoms with Gasteiger partial charge in [0.05, 0.1) is 10.6 Å². The molecule has 0 fully saturated rings. The van der Waals surface area contributed by atoms with Crippen LogP contribution in [0.5, 0.6) is 0 Å². The molecule has 1 amide bonds. The fourth-order valence-electron chi connectivity index (χ4n) is 2.98. The van der Waals surface area contributed by atoms with Crippen LogP contribution in [-0.4, -0.2) is 41.0 Å². The Bertz CT molecular complexity index is 982. The smallest absolute Gasteiger partial charge is 0.264 e. The molecule has 0 saturated carbocycles. The molecule has 28 heavy (non-hydrogen) atoms. The fraction of sp³-hybridized carbons (Fsp3) is 0.286. The summed E-state index contributed by atoms with van der Waals surface area (Å²) >= 11 is 0. The molecular weight excluding hydrogens is 374 g/mol. The van der Waals surface area contributed by atoms with Gasteiger partial charge in [0.2, 0.25) is 0 Å². The highest BCUT2D eigenvalue weighted by Gasteiger charge is 2.22. The molecule has 0 spiro atoms. The van der Waals surface area contributed by atoms with E-state index >= 15 is 0 Å².